The molecule has 28 heavy (non-hydrogen) atoms. The van der Waals surface area contributed by atoms with Gasteiger partial charge in [-0.15, -0.1) is 0 Å². The van der Waals surface area contributed by atoms with Gasteiger partial charge in [0.15, 0.2) is 5.60 Å². The van der Waals surface area contributed by atoms with Crippen molar-refractivity contribution >= 4 is 5.97 Å². The van der Waals surface area contributed by atoms with E-state index < -0.39 is 17.7 Å². The van der Waals surface area contributed by atoms with Crippen LogP contribution in [0.3, 0.4) is 0 Å². The van der Waals surface area contributed by atoms with Crippen molar-refractivity contribution in [3.63, 3.8) is 0 Å². The van der Waals surface area contributed by atoms with Crippen LogP contribution in [0.5, 0.6) is 5.75 Å². The summed E-state index contributed by atoms with van der Waals surface area (Å²) in [4.78, 5) is 12.0. The number of esters is 1. The molecular weight excluding hydrogens is 369 g/mol. The van der Waals surface area contributed by atoms with E-state index in [1.54, 1.807) is 84.9 Å². The summed E-state index contributed by atoms with van der Waals surface area (Å²) in [5, 5.41) is 0. The van der Waals surface area contributed by atoms with E-state index in [9.17, 15) is 18.0 Å². The van der Waals surface area contributed by atoms with Crippen LogP contribution in [0.4, 0.5) is 13.2 Å². The maximum Gasteiger partial charge on any atom is 0.490 e. The number of rotatable bonds is 5. The van der Waals surface area contributed by atoms with Gasteiger partial charge in [-0.3, -0.25) is 0 Å². The van der Waals surface area contributed by atoms with Gasteiger partial charge in [-0.05, 0) is 12.1 Å². The summed E-state index contributed by atoms with van der Waals surface area (Å²) in [6, 6.07) is 23.1. The zero-order chi connectivity index (χ0) is 20.2. The second-order valence-electron chi connectivity index (χ2n) is 6.03. The number of hydrogen-bond donors (Lipinski definition) is 0. The van der Waals surface area contributed by atoms with Crippen molar-refractivity contribution in [2.75, 3.05) is 7.11 Å². The van der Waals surface area contributed by atoms with Crippen molar-refractivity contribution in [1.82, 2.24) is 0 Å². The number of methoxy groups -OCH3 is 1. The van der Waals surface area contributed by atoms with Crippen molar-refractivity contribution in [3.8, 4) is 5.75 Å². The summed E-state index contributed by atoms with van der Waals surface area (Å²) in [6.45, 7) is 0. The molecule has 6 heteroatoms. The van der Waals surface area contributed by atoms with Crippen LogP contribution in [0.2, 0.25) is 0 Å². The van der Waals surface area contributed by atoms with E-state index in [0.29, 0.717) is 22.4 Å². The third-order valence-electron chi connectivity index (χ3n) is 4.33. The molecule has 0 spiro atoms. The van der Waals surface area contributed by atoms with Crippen LogP contribution in [0.25, 0.3) is 0 Å². The third-order valence-corrected chi connectivity index (χ3v) is 4.33. The minimum Gasteiger partial charge on any atom is -0.497 e. The average molecular weight is 386 g/mol. The average Bonchev–Trinajstić information content (AvgIpc) is 2.72. The summed E-state index contributed by atoms with van der Waals surface area (Å²) in [5.74, 6) is -1.74. The Kier molecular flexibility index (Phi) is 5.40. The van der Waals surface area contributed by atoms with Gasteiger partial charge in [-0.1, -0.05) is 72.8 Å². The molecule has 0 aliphatic rings. The smallest absolute Gasteiger partial charge is 0.490 e. The quantitative estimate of drug-likeness (QED) is 0.453. The molecule has 3 aromatic rings. The number of halogens is 3. The Morgan fingerprint density at radius 2 is 1.14 bits per heavy atom. The maximum atomic E-state index is 13.2. The van der Waals surface area contributed by atoms with Crippen molar-refractivity contribution < 1.29 is 27.4 Å². The summed E-state index contributed by atoms with van der Waals surface area (Å²) < 4.78 is 49.8. The van der Waals surface area contributed by atoms with Crippen LogP contribution >= 0.6 is 0 Å². The van der Waals surface area contributed by atoms with Gasteiger partial charge in [0.25, 0.3) is 0 Å². The van der Waals surface area contributed by atoms with Gasteiger partial charge in [0, 0.05) is 16.7 Å². The van der Waals surface area contributed by atoms with Crippen molar-refractivity contribution in [2.45, 2.75) is 11.8 Å². The molecule has 0 saturated carbocycles. The summed E-state index contributed by atoms with van der Waals surface area (Å²) in [6.07, 6.45) is -5.14. The molecule has 0 amide bonds. The van der Waals surface area contributed by atoms with Crippen LogP contribution in [0.15, 0.2) is 84.9 Å². The summed E-state index contributed by atoms with van der Waals surface area (Å²) >= 11 is 0. The fourth-order valence-corrected chi connectivity index (χ4v) is 3.05. The van der Waals surface area contributed by atoms with E-state index >= 15 is 0 Å². The normalized spacial score (nSPS) is 11.7. The van der Waals surface area contributed by atoms with E-state index in [2.05, 4.69) is 0 Å². The van der Waals surface area contributed by atoms with E-state index in [0.717, 1.165) is 0 Å². The van der Waals surface area contributed by atoms with Crippen molar-refractivity contribution in [2.24, 2.45) is 0 Å². The molecule has 0 aliphatic heterocycles. The SMILES string of the molecule is COc1ccc(C(OC(=O)C(F)(F)F)(c2ccccc2)c2ccccc2)cc1. The summed E-state index contributed by atoms with van der Waals surface area (Å²) in [7, 11) is 1.49. The Balaban J connectivity index is 2.29. The van der Waals surface area contributed by atoms with Gasteiger partial charge in [0.1, 0.15) is 5.75 Å². The maximum absolute atomic E-state index is 13.2. The predicted octanol–water partition coefficient (Wildman–Crippen LogP) is 5.09. The summed E-state index contributed by atoms with van der Waals surface area (Å²) in [5.41, 5.74) is -0.627. The lowest BCUT2D eigenvalue weighted by Crippen LogP contribution is -2.40. The highest BCUT2D eigenvalue weighted by Gasteiger charge is 2.49. The number of carbonyl (C=O) groups is 1. The molecule has 3 aromatic carbocycles. The minimum atomic E-state index is -5.14. The number of alkyl halides is 3. The van der Waals surface area contributed by atoms with Gasteiger partial charge in [0.05, 0.1) is 7.11 Å². The first-order valence-electron chi connectivity index (χ1n) is 8.43. The van der Waals surface area contributed by atoms with E-state index in [1.165, 1.54) is 7.11 Å². The van der Waals surface area contributed by atoms with Gasteiger partial charge in [-0.25, -0.2) is 4.79 Å². The van der Waals surface area contributed by atoms with E-state index in [4.69, 9.17) is 9.47 Å². The molecule has 0 N–H and O–H groups in total. The molecule has 0 unspecified atom stereocenters. The highest BCUT2D eigenvalue weighted by molar-refractivity contribution is 5.77. The second-order valence-corrected chi connectivity index (χ2v) is 6.03. The highest BCUT2D eigenvalue weighted by atomic mass is 19.4. The number of hydrogen-bond acceptors (Lipinski definition) is 3. The van der Waals surface area contributed by atoms with E-state index in [1.807, 2.05) is 0 Å². The van der Waals surface area contributed by atoms with Crippen LogP contribution in [-0.4, -0.2) is 19.3 Å². The lowest BCUT2D eigenvalue weighted by molar-refractivity contribution is -0.209. The standard InChI is InChI=1S/C22H17F3O3/c1-27-19-14-12-18(13-15-19)21(16-8-4-2-5-9-16,17-10-6-3-7-11-17)28-20(26)22(23,24)25/h2-15H,1H3. The molecule has 0 aliphatic carbocycles. The number of benzene rings is 3. The molecule has 0 radical (unpaired) electrons. The largest absolute Gasteiger partial charge is 0.497 e. The zero-order valence-electron chi connectivity index (χ0n) is 14.9. The van der Waals surface area contributed by atoms with E-state index in [-0.39, 0.29) is 0 Å². The Morgan fingerprint density at radius 3 is 1.54 bits per heavy atom. The molecule has 144 valence electrons. The van der Waals surface area contributed by atoms with Gasteiger partial charge >= 0.3 is 12.1 Å². The molecule has 0 atom stereocenters. The molecule has 3 rings (SSSR count). The second kappa shape index (κ2) is 7.76. The van der Waals surface area contributed by atoms with Crippen LogP contribution in [0.1, 0.15) is 16.7 Å². The lowest BCUT2D eigenvalue weighted by atomic mass is 9.80. The fraction of sp³-hybridized carbons (Fsp3) is 0.136. The Bertz CT molecular complexity index is 881. The van der Waals surface area contributed by atoms with Crippen LogP contribution in [0, 0.1) is 0 Å². The first-order valence-corrected chi connectivity index (χ1v) is 8.43. The monoisotopic (exact) mass is 386 g/mol. The molecule has 0 bridgehead atoms. The topological polar surface area (TPSA) is 35.5 Å². The molecule has 0 aromatic heterocycles. The molecule has 0 fully saturated rings. The van der Waals surface area contributed by atoms with Crippen LogP contribution in [-0.2, 0) is 15.1 Å². The highest BCUT2D eigenvalue weighted by Crippen LogP contribution is 2.42. The predicted molar refractivity (Wildman–Crippen MR) is 97.9 cm³/mol. The number of carbonyl (C=O) groups excluding carboxylic acids is 1. The molecule has 3 nitrogen and oxygen atoms in total. The zero-order valence-corrected chi connectivity index (χ0v) is 14.9. The van der Waals surface area contributed by atoms with Gasteiger partial charge in [0.2, 0.25) is 0 Å². The Labute approximate surface area is 160 Å². The first kappa shape index (κ1) is 19.5. The molecule has 0 saturated heterocycles. The van der Waals surface area contributed by atoms with Gasteiger partial charge < -0.3 is 9.47 Å². The minimum absolute atomic E-state index is 0.364. The number of ether oxygens (including phenoxy) is 2. The lowest BCUT2D eigenvalue weighted by Gasteiger charge is -2.35. The fourth-order valence-electron chi connectivity index (χ4n) is 3.05. The first-order chi connectivity index (χ1) is 13.4. The molecular formula is C22H17F3O3. The molecule has 0 heterocycles. The van der Waals surface area contributed by atoms with Gasteiger partial charge in [-0.2, -0.15) is 13.2 Å². The third kappa shape index (κ3) is 3.71. The van der Waals surface area contributed by atoms with Crippen molar-refractivity contribution in [1.29, 1.82) is 0 Å². The Hall–Kier alpha value is -3.28. The Morgan fingerprint density at radius 1 is 0.714 bits per heavy atom. The van der Waals surface area contributed by atoms with Crippen LogP contribution < -0.4 is 4.74 Å². The van der Waals surface area contributed by atoms with Crippen molar-refractivity contribution in [3.05, 3.63) is 102 Å².